The van der Waals surface area contributed by atoms with Crippen LogP contribution in [0.25, 0.3) is 0 Å². The lowest BCUT2D eigenvalue weighted by molar-refractivity contribution is -0.148. The third kappa shape index (κ3) is 2.26. The molecule has 1 aromatic heterocycles. The zero-order chi connectivity index (χ0) is 12.3. The molecule has 1 aromatic rings. The van der Waals surface area contributed by atoms with E-state index < -0.39 is 17.4 Å². The number of carboxylic acids is 1. The summed E-state index contributed by atoms with van der Waals surface area (Å²) in [4.78, 5) is 23.0. The van der Waals surface area contributed by atoms with Crippen LogP contribution >= 0.6 is 0 Å². The molecule has 8 heteroatoms. The molecule has 1 saturated heterocycles. The number of aliphatic carboxylic acids is 1. The zero-order valence-electron chi connectivity index (χ0n) is 8.97. The lowest BCUT2D eigenvalue weighted by Crippen LogP contribution is -2.57. The number of ether oxygens (including phenoxy) is 1. The Bertz CT molecular complexity index is 411. The predicted octanol–water partition coefficient (Wildman–Crippen LogP) is -0.832. The van der Waals surface area contributed by atoms with Crippen molar-refractivity contribution in [3.8, 4) is 0 Å². The van der Waals surface area contributed by atoms with Gasteiger partial charge in [0.2, 0.25) is 0 Å². The maximum atomic E-state index is 11.7. The van der Waals surface area contributed by atoms with Crippen LogP contribution in [0.15, 0.2) is 6.20 Å². The fourth-order valence-corrected chi connectivity index (χ4v) is 1.70. The van der Waals surface area contributed by atoms with E-state index in [0.29, 0.717) is 13.2 Å². The monoisotopic (exact) mass is 240 g/mol. The number of carboxylic acid groups (broad SMARTS) is 1. The highest BCUT2D eigenvalue weighted by molar-refractivity contribution is 5.96. The molecule has 0 spiro atoms. The van der Waals surface area contributed by atoms with Crippen LogP contribution < -0.4 is 5.32 Å². The topological polar surface area (TPSA) is 117 Å². The highest BCUT2D eigenvalue weighted by Crippen LogP contribution is 2.21. The van der Waals surface area contributed by atoms with Crippen LogP contribution in [0.1, 0.15) is 23.3 Å². The number of hydrogen-bond donors (Lipinski definition) is 3. The number of carbonyl (C=O) groups excluding carboxylic acids is 1. The number of H-pyrrole nitrogens is 1. The van der Waals surface area contributed by atoms with Crippen LogP contribution in [-0.2, 0) is 9.53 Å². The average molecular weight is 240 g/mol. The highest BCUT2D eigenvalue weighted by Gasteiger charge is 2.42. The molecule has 1 fully saturated rings. The smallest absolute Gasteiger partial charge is 0.329 e. The van der Waals surface area contributed by atoms with E-state index in [4.69, 9.17) is 4.74 Å². The molecule has 17 heavy (non-hydrogen) atoms. The summed E-state index contributed by atoms with van der Waals surface area (Å²) in [5.74, 6) is -1.61. The Morgan fingerprint density at radius 2 is 2.18 bits per heavy atom. The Hall–Kier alpha value is -1.96. The Kier molecular flexibility index (Phi) is 3.05. The van der Waals surface area contributed by atoms with Gasteiger partial charge in [0.15, 0.2) is 5.69 Å². The predicted molar refractivity (Wildman–Crippen MR) is 54.3 cm³/mol. The van der Waals surface area contributed by atoms with Gasteiger partial charge in [0.05, 0.1) is 6.20 Å². The van der Waals surface area contributed by atoms with Gasteiger partial charge in [0.1, 0.15) is 5.54 Å². The fraction of sp³-hybridized carbons (Fsp3) is 0.556. The number of nitrogens with zero attached hydrogens (tertiary/aromatic N) is 2. The van der Waals surface area contributed by atoms with Crippen molar-refractivity contribution in [1.29, 1.82) is 0 Å². The number of aromatic nitrogens is 3. The molecular weight excluding hydrogens is 228 g/mol. The molecule has 1 aliphatic rings. The Morgan fingerprint density at radius 3 is 2.71 bits per heavy atom. The minimum absolute atomic E-state index is 0.0668. The molecule has 0 atom stereocenters. The first kappa shape index (κ1) is 11.5. The second-order valence-electron chi connectivity index (χ2n) is 3.81. The lowest BCUT2D eigenvalue weighted by Gasteiger charge is -2.33. The fourth-order valence-electron chi connectivity index (χ4n) is 1.70. The van der Waals surface area contributed by atoms with Gasteiger partial charge in [-0.25, -0.2) is 4.79 Å². The van der Waals surface area contributed by atoms with Crippen molar-refractivity contribution in [2.24, 2.45) is 0 Å². The van der Waals surface area contributed by atoms with Gasteiger partial charge in [0, 0.05) is 26.1 Å². The summed E-state index contributed by atoms with van der Waals surface area (Å²) >= 11 is 0. The average Bonchev–Trinajstić information content (AvgIpc) is 2.83. The van der Waals surface area contributed by atoms with Crippen molar-refractivity contribution >= 4 is 11.9 Å². The molecule has 0 aliphatic carbocycles. The van der Waals surface area contributed by atoms with Crippen LogP contribution in [0.4, 0.5) is 0 Å². The van der Waals surface area contributed by atoms with Gasteiger partial charge in [0.25, 0.3) is 5.91 Å². The van der Waals surface area contributed by atoms with Gasteiger partial charge in [-0.2, -0.15) is 15.4 Å². The summed E-state index contributed by atoms with van der Waals surface area (Å²) < 4.78 is 5.10. The third-order valence-corrected chi connectivity index (χ3v) is 2.76. The molecular formula is C9H12N4O4. The molecule has 0 bridgehead atoms. The lowest BCUT2D eigenvalue weighted by atomic mass is 9.90. The zero-order valence-corrected chi connectivity index (χ0v) is 8.97. The highest BCUT2D eigenvalue weighted by atomic mass is 16.5. The van der Waals surface area contributed by atoms with Crippen LogP contribution in [0.5, 0.6) is 0 Å². The maximum Gasteiger partial charge on any atom is 0.329 e. The first-order valence-electron chi connectivity index (χ1n) is 5.13. The van der Waals surface area contributed by atoms with E-state index in [1.807, 2.05) is 0 Å². The number of rotatable bonds is 3. The Morgan fingerprint density at radius 1 is 1.47 bits per heavy atom. The van der Waals surface area contributed by atoms with Crippen LogP contribution in [0.3, 0.4) is 0 Å². The van der Waals surface area contributed by atoms with Gasteiger partial charge in [-0.05, 0) is 0 Å². The van der Waals surface area contributed by atoms with Crippen LogP contribution in [-0.4, -0.2) is 51.1 Å². The molecule has 3 N–H and O–H groups in total. The van der Waals surface area contributed by atoms with Crippen molar-refractivity contribution in [3.63, 3.8) is 0 Å². The molecule has 2 heterocycles. The summed E-state index contributed by atoms with van der Waals surface area (Å²) in [5, 5.41) is 21.1. The first-order valence-corrected chi connectivity index (χ1v) is 5.13. The van der Waals surface area contributed by atoms with Gasteiger partial charge in [-0.3, -0.25) is 4.79 Å². The number of nitrogens with one attached hydrogen (secondary N) is 2. The molecule has 0 radical (unpaired) electrons. The van der Waals surface area contributed by atoms with Crippen LogP contribution in [0.2, 0.25) is 0 Å². The van der Waals surface area contributed by atoms with Crippen molar-refractivity contribution < 1.29 is 19.4 Å². The normalized spacial score (nSPS) is 18.6. The van der Waals surface area contributed by atoms with Crippen LogP contribution in [0, 0.1) is 0 Å². The molecule has 1 amide bonds. The van der Waals surface area contributed by atoms with Crippen molar-refractivity contribution in [2.75, 3.05) is 13.2 Å². The molecule has 92 valence electrons. The van der Waals surface area contributed by atoms with Crippen molar-refractivity contribution in [3.05, 3.63) is 11.9 Å². The van der Waals surface area contributed by atoms with E-state index in [1.54, 1.807) is 0 Å². The van der Waals surface area contributed by atoms with E-state index in [2.05, 4.69) is 20.7 Å². The number of aromatic amines is 1. The second-order valence-corrected chi connectivity index (χ2v) is 3.81. The largest absolute Gasteiger partial charge is 0.480 e. The second kappa shape index (κ2) is 4.50. The van der Waals surface area contributed by atoms with Gasteiger partial charge in [-0.15, -0.1) is 0 Å². The SMILES string of the molecule is O=C(NC1(C(=O)O)CCOCC1)c1cn[nH]n1. The minimum atomic E-state index is -1.27. The summed E-state index contributed by atoms with van der Waals surface area (Å²) in [6.45, 7) is 0.622. The summed E-state index contributed by atoms with van der Waals surface area (Å²) in [6.07, 6.45) is 1.72. The van der Waals surface area contributed by atoms with Gasteiger partial charge in [-0.1, -0.05) is 0 Å². The number of carbonyl (C=O) groups is 2. The van der Waals surface area contributed by atoms with E-state index in [9.17, 15) is 14.7 Å². The van der Waals surface area contributed by atoms with E-state index in [-0.39, 0.29) is 18.5 Å². The number of hydrogen-bond acceptors (Lipinski definition) is 5. The van der Waals surface area contributed by atoms with E-state index in [0.717, 1.165) is 0 Å². The standard InChI is InChI=1S/C9H12N4O4/c14-7(6-5-10-13-12-6)11-9(8(15)16)1-3-17-4-2-9/h5H,1-4H2,(H,11,14)(H,15,16)(H,10,12,13). The number of amides is 1. The molecule has 0 unspecified atom stereocenters. The molecule has 0 aromatic carbocycles. The molecule has 0 saturated carbocycles. The Balaban J connectivity index is 2.13. The molecule has 2 rings (SSSR count). The van der Waals surface area contributed by atoms with E-state index in [1.165, 1.54) is 6.20 Å². The molecule has 1 aliphatic heterocycles. The van der Waals surface area contributed by atoms with Gasteiger partial charge >= 0.3 is 5.97 Å². The summed E-state index contributed by atoms with van der Waals surface area (Å²) in [5.41, 5.74) is -1.20. The first-order chi connectivity index (χ1) is 8.14. The Labute approximate surface area is 96.3 Å². The quantitative estimate of drug-likeness (QED) is 0.634. The van der Waals surface area contributed by atoms with E-state index >= 15 is 0 Å². The van der Waals surface area contributed by atoms with Crippen molar-refractivity contribution in [2.45, 2.75) is 18.4 Å². The summed E-state index contributed by atoms with van der Waals surface area (Å²) in [6, 6.07) is 0. The minimum Gasteiger partial charge on any atom is -0.480 e. The third-order valence-electron chi connectivity index (χ3n) is 2.76. The maximum absolute atomic E-state index is 11.7. The molecule has 8 nitrogen and oxygen atoms in total. The summed E-state index contributed by atoms with van der Waals surface area (Å²) in [7, 11) is 0. The van der Waals surface area contributed by atoms with Gasteiger partial charge < -0.3 is 15.2 Å². The van der Waals surface area contributed by atoms with Crippen molar-refractivity contribution in [1.82, 2.24) is 20.7 Å².